The maximum atomic E-state index is 10.1. The highest BCUT2D eigenvalue weighted by Crippen LogP contribution is 2.17. The topological polar surface area (TPSA) is 48.0 Å². The molecule has 0 aliphatic carbocycles. The van der Waals surface area contributed by atoms with Gasteiger partial charge in [0, 0.05) is 35.9 Å². The van der Waals surface area contributed by atoms with Gasteiger partial charge in [-0.15, -0.1) is 0 Å². The number of hydrogen-bond donors (Lipinski definition) is 3. The lowest BCUT2D eigenvalue weighted by Crippen LogP contribution is -2.39. The molecule has 1 heterocycles. The van der Waals surface area contributed by atoms with Gasteiger partial charge >= 0.3 is 0 Å². The van der Waals surface area contributed by atoms with Crippen LogP contribution in [0.5, 0.6) is 0 Å². The zero-order valence-corrected chi connectivity index (χ0v) is 11.7. The molecule has 3 nitrogen and oxygen atoms in total. The molecule has 98 valence electrons. The van der Waals surface area contributed by atoms with Gasteiger partial charge in [0.25, 0.3) is 0 Å². The van der Waals surface area contributed by atoms with Gasteiger partial charge in [-0.2, -0.15) is 11.8 Å². The van der Waals surface area contributed by atoms with Gasteiger partial charge in [-0.25, -0.2) is 0 Å². The third kappa shape index (κ3) is 3.28. The average molecular weight is 264 g/mol. The van der Waals surface area contributed by atoms with E-state index in [0.717, 1.165) is 17.8 Å². The Hall–Kier alpha value is -0.970. The number of nitrogens with one attached hydrogen (secondary N) is 2. The molecule has 0 aliphatic rings. The van der Waals surface area contributed by atoms with Gasteiger partial charge in [0.15, 0.2) is 0 Å². The van der Waals surface area contributed by atoms with Crippen molar-refractivity contribution >= 4 is 22.7 Å². The molecule has 1 atom stereocenters. The fraction of sp³-hybridized carbons (Fsp3) is 0.429. The van der Waals surface area contributed by atoms with E-state index < -0.39 is 5.60 Å². The van der Waals surface area contributed by atoms with E-state index in [9.17, 15) is 5.11 Å². The van der Waals surface area contributed by atoms with Gasteiger partial charge in [-0.1, -0.05) is 12.1 Å². The van der Waals surface area contributed by atoms with Crippen LogP contribution < -0.4 is 5.32 Å². The van der Waals surface area contributed by atoms with Gasteiger partial charge in [-0.3, -0.25) is 0 Å². The van der Waals surface area contributed by atoms with E-state index in [0.29, 0.717) is 6.54 Å². The Morgan fingerprint density at radius 1 is 1.39 bits per heavy atom. The van der Waals surface area contributed by atoms with E-state index in [1.807, 2.05) is 19.4 Å². The first kappa shape index (κ1) is 13.5. The molecule has 4 heteroatoms. The summed E-state index contributed by atoms with van der Waals surface area (Å²) in [7, 11) is 0. The van der Waals surface area contributed by atoms with Crippen molar-refractivity contribution in [2.45, 2.75) is 19.1 Å². The predicted octanol–water partition coefficient (Wildman–Crippen LogP) is 2.37. The highest BCUT2D eigenvalue weighted by atomic mass is 32.2. The molecule has 3 N–H and O–H groups in total. The molecule has 2 rings (SSSR count). The largest absolute Gasteiger partial charge is 0.388 e. The first-order chi connectivity index (χ1) is 8.62. The van der Waals surface area contributed by atoms with Gasteiger partial charge < -0.3 is 15.4 Å². The minimum absolute atomic E-state index is 0.606. The number of hydrogen-bond acceptors (Lipinski definition) is 3. The minimum atomic E-state index is -0.647. The Bertz CT molecular complexity index is 507. The van der Waals surface area contributed by atoms with Crippen molar-refractivity contribution in [3.63, 3.8) is 0 Å². The molecule has 0 saturated heterocycles. The van der Waals surface area contributed by atoms with Crippen LogP contribution in [-0.2, 0) is 6.54 Å². The van der Waals surface area contributed by atoms with Crippen molar-refractivity contribution < 1.29 is 5.11 Å². The summed E-state index contributed by atoms with van der Waals surface area (Å²) >= 11 is 1.66. The van der Waals surface area contributed by atoms with E-state index in [-0.39, 0.29) is 0 Å². The summed E-state index contributed by atoms with van der Waals surface area (Å²) in [6, 6.07) is 8.33. The molecule has 0 bridgehead atoms. The van der Waals surface area contributed by atoms with Gasteiger partial charge in [0.2, 0.25) is 0 Å². The quantitative estimate of drug-likeness (QED) is 0.751. The summed E-state index contributed by atoms with van der Waals surface area (Å²) in [4.78, 5) is 3.21. The zero-order valence-electron chi connectivity index (χ0n) is 10.9. The molecule has 0 spiro atoms. The number of H-pyrrole nitrogens is 1. The van der Waals surface area contributed by atoms with E-state index in [1.54, 1.807) is 11.8 Å². The van der Waals surface area contributed by atoms with Crippen molar-refractivity contribution in [1.82, 2.24) is 10.3 Å². The van der Waals surface area contributed by atoms with Crippen LogP contribution in [0.4, 0.5) is 0 Å². The van der Waals surface area contributed by atoms with Crippen LogP contribution in [0, 0.1) is 0 Å². The second kappa shape index (κ2) is 5.78. The molecule has 0 radical (unpaired) electrons. The summed E-state index contributed by atoms with van der Waals surface area (Å²) < 4.78 is 0. The smallest absolute Gasteiger partial charge is 0.0833 e. The van der Waals surface area contributed by atoms with Crippen LogP contribution >= 0.6 is 11.8 Å². The lowest BCUT2D eigenvalue weighted by Gasteiger charge is -2.22. The normalized spacial score (nSPS) is 14.8. The Morgan fingerprint density at radius 3 is 3.00 bits per heavy atom. The summed E-state index contributed by atoms with van der Waals surface area (Å²) in [5.41, 5.74) is 1.77. The molecule has 0 fully saturated rings. The Balaban J connectivity index is 1.96. The Kier molecular flexibility index (Phi) is 4.32. The number of aromatic nitrogens is 1. The molecular weight excluding hydrogens is 244 g/mol. The van der Waals surface area contributed by atoms with Gasteiger partial charge in [0.05, 0.1) is 5.60 Å². The predicted molar refractivity (Wildman–Crippen MR) is 79.0 cm³/mol. The fourth-order valence-corrected chi connectivity index (χ4v) is 2.86. The summed E-state index contributed by atoms with van der Waals surface area (Å²) in [5.74, 6) is 0.744. The lowest BCUT2D eigenvalue weighted by atomic mass is 10.1. The first-order valence-corrected chi connectivity index (χ1v) is 7.49. The van der Waals surface area contributed by atoms with Crippen molar-refractivity contribution in [2.24, 2.45) is 0 Å². The number of thioether (sulfide) groups is 1. The number of benzene rings is 1. The van der Waals surface area contributed by atoms with Crippen LogP contribution in [0.1, 0.15) is 12.5 Å². The molecule has 1 aromatic carbocycles. The molecule has 2 aromatic rings. The van der Waals surface area contributed by atoms with E-state index >= 15 is 0 Å². The third-order valence-electron chi connectivity index (χ3n) is 2.96. The maximum Gasteiger partial charge on any atom is 0.0833 e. The molecule has 18 heavy (non-hydrogen) atoms. The first-order valence-electron chi connectivity index (χ1n) is 6.09. The standard InChI is InChI=1S/C14H20N2OS/c1-14(17,10-18-2)9-15-8-11-4-3-5-13-12(11)6-7-16-13/h3-7,15-17H,8-10H2,1-2H3. The van der Waals surface area contributed by atoms with E-state index in [1.165, 1.54) is 10.9 Å². The number of aromatic amines is 1. The van der Waals surface area contributed by atoms with Crippen LogP contribution in [0.3, 0.4) is 0 Å². The SMILES string of the molecule is CSCC(C)(O)CNCc1cccc2[nH]ccc12. The maximum absolute atomic E-state index is 10.1. The molecule has 0 amide bonds. The second-order valence-corrected chi connectivity index (χ2v) is 5.76. The van der Waals surface area contributed by atoms with Crippen LogP contribution in [0.2, 0.25) is 0 Å². The number of rotatable bonds is 6. The van der Waals surface area contributed by atoms with Crippen molar-refractivity contribution in [1.29, 1.82) is 0 Å². The fourth-order valence-electron chi connectivity index (χ4n) is 2.13. The summed E-state index contributed by atoms with van der Waals surface area (Å²) in [5, 5.41) is 14.7. The molecule has 0 aliphatic heterocycles. The average Bonchev–Trinajstić information content (AvgIpc) is 2.77. The zero-order chi connectivity index (χ0) is 13.0. The molecule has 1 unspecified atom stereocenters. The highest BCUT2D eigenvalue weighted by molar-refractivity contribution is 7.98. The highest BCUT2D eigenvalue weighted by Gasteiger charge is 2.18. The van der Waals surface area contributed by atoms with Crippen molar-refractivity contribution in [2.75, 3.05) is 18.6 Å². The van der Waals surface area contributed by atoms with Crippen LogP contribution in [0.25, 0.3) is 10.9 Å². The minimum Gasteiger partial charge on any atom is -0.388 e. The number of fused-ring (bicyclic) bond motifs is 1. The third-order valence-corrected chi connectivity index (χ3v) is 3.87. The Labute approximate surface area is 112 Å². The van der Waals surface area contributed by atoms with Crippen molar-refractivity contribution in [3.8, 4) is 0 Å². The van der Waals surface area contributed by atoms with Crippen LogP contribution in [-0.4, -0.2) is 34.2 Å². The van der Waals surface area contributed by atoms with Crippen LogP contribution in [0.15, 0.2) is 30.5 Å². The Morgan fingerprint density at radius 2 is 2.22 bits per heavy atom. The van der Waals surface area contributed by atoms with Gasteiger partial charge in [-0.05, 0) is 30.9 Å². The second-order valence-electron chi connectivity index (χ2n) is 4.89. The molecule has 0 saturated carbocycles. The number of aliphatic hydroxyl groups is 1. The lowest BCUT2D eigenvalue weighted by molar-refractivity contribution is 0.0846. The van der Waals surface area contributed by atoms with E-state index in [2.05, 4.69) is 34.6 Å². The molecule has 1 aromatic heterocycles. The molecular formula is C14H20N2OS. The van der Waals surface area contributed by atoms with E-state index in [4.69, 9.17) is 0 Å². The summed E-state index contributed by atoms with van der Waals surface area (Å²) in [6.45, 7) is 3.25. The van der Waals surface area contributed by atoms with Crippen molar-refractivity contribution in [3.05, 3.63) is 36.0 Å². The van der Waals surface area contributed by atoms with Gasteiger partial charge in [0.1, 0.15) is 0 Å². The summed E-state index contributed by atoms with van der Waals surface area (Å²) in [6.07, 6.45) is 3.97. The monoisotopic (exact) mass is 264 g/mol.